The average molecular weight is 641 g/mol. The smallest absolute Gasteiger partial charge is 0.238 e. The normalized spacial score (nSPS) is 14.4. The van der Waals surface area contributed by atoms with Gasteiger partial charge in [0.2, 0.25) is 5.95 Å². The van der Waals surface area contributed by atoms with Gasteiger partial charge in [0.15, 0.2) is 11.6 Å². The van der Waals surface area contributed by atoms with Crippen molar-refractivity contribution >= 4 is 27.4 Å². The first-order chi connectivity index (χ1) is 24.8. The van der Waals surface area contributed by atoms with Gasteiger partial charge < -0.3 is 0 Å². The fourth-order valence-electron chi connectivity index (χ4n) is 8.21. The number of aromatic nitrogens is 4. The number of rotatable bonds is 5. The van der Waals surface area contributed by atoms with Crippen molar-refractivity contribution in [1.29, 1.82) is 0 Å². The summed E-state index contributed by atoms with van der Waals surface area (Å²) in [4.78, 5) is 15.4. The SMILES string of the molecule is C1=CC(c2nc(-c3ccccc3)nc(-n3c4ccccc4c4cc5c(cc43)-c3ccccc3C5(c3ccccc3)c3ccccc3)n2)=CCC1. The van der Waals surface area contributed by atoms with Crippen molar-refractivity contribution < 1.29 is 0 Å². The van der Waals surface area contributed by atoms with E-state index in [9.17, 15) is 0 Å². The number of para-hydroxylation sites is 1. The van der Waals surface area contributed by atoms with Crippen LogP contribution in [0, 0.1) is 0 Å². The third-order valence-electron chi connectivity index (χ3n) is 10.4. The summed E-state index contributed by atoms with van der Waals surface area (Å²) in [6, 6.07) is 54.5. The zero-order chi connectivity index (χ0) is 33.1. The summed E-state index contributed by atoms with van der Waals surface area (Å²) in [6.45, 7) is 0. The fraction of sp³-hybridized carbons (Fsp3) is 0.0652. The molecule has 0 aliphatic heterocycles. The van der Waals surface area contributed by atoms with Crippen molar-refractivity contribution in [2.24, 2.45) is 0 Å². The van der Waals surface area contributed by atoms with E-state index < -0.39 is 5.41 Å². The standard InChI is InChI=1S/C46H32N4/c1-5-17-31(18-6-1)43-47-44(32-19-7-2-8-20-32)49-45(48-43)50-41-28-16-14-26-36(41)38-29-40-37(30-42(38)50)35-25-13-15-27-39(35)46(40,33-21-9-3-10-22-33)34-23-11-4-12-24-34/h1,3-7,9-30H,2,8H2. The summed E-state index contributed by atoms with van der Waals surface area (Å²) in [5.74, 6) is 1.97. The van der Waals surface area contributed by atoms with Gasteiger partial charge in [-0.25, -0.2) is 4.98 Å². The second-order valence-corrected chi connectivity index (χ2v) is 13.1. The Morgan fingerprint density at radius 1 is 0.500 bits per heavy atom. The number of nitrogens with zero attached hydrogens (tertiary/aromatic N) is 4. The van der Waals surface area contributed by atoms with Crippen LogP contribution in [0.25, 0.3) is 55.8 Å². The summed E-state index contributed by atoms with van der Waals surface area (Å²) in [5, 5.41) is 2.33. The van der Waals surface area contributed by atoms with E-state index in [2.05, 4.69) is 156 Å². The molecule has 8 aromatic rings. The molecule has 0 amide bonds. The molecule has 2 aliphatic rings. The van der Waals surface area contributed by atoms with E-state index in [1.54, 1.807) is 0 Å². The molecule has 0 radical (unpaired) electrons. The van der Waals surface area contributed by atoms with E-state index in [1.165, 1.54) is 38.8 Å². The lowest BCUT2D eigenvalue weighted by Crippen LogP contribution is -2.28. The largest absolute Gasteiger partial charge is 0.278 e. The molecule has 2 heterocycles. The molecule has 2 aromatic heterocycles. The lowest BCUT2D eigenvalue weighted by atomic mass is 9.67. The minimum absolute atomic E-state index is 0.480. The molecule has 0 N–H and O–H groups in total. The van der Waals surface area contributed by atoms with Crippen LogP contribution in [-0.4, -0.2) is 19.5 Å². The van der Waals surface area contributed by atoms with Gasteiger partial charge in [-0.05, 0) is 64.4 Å². The first-order valence-electron chi connectivity index (χ1n) is 17.3. The maximum absolute atomic E-state index is 5.21. The highest BCUT2D eigenvalue weighted by atomic mass is 15.2. The molecular formula is C46H32N4. The molecular weight excluding hydrogens is 609 g/mol. The van der Waals surface area contributed by atoms with Gasteiger partial charge >= 0.3 is 0 Å². The molecule has 0 saturated heterocycles. The van der Waals surface area contributed by atoms with Crippen molar-refractivity contribution in [2.45, 2.75) is 18.3 Å². The summed E-state index contributed by atoms with van der Waals surface area (Å²) < 4.78 is 2.24. The molecule has 6 aromatic carbocycles. The predicted molar refractivity (Wildman–Crippen MR) is 203 cm³/mol. The molecule has 4 nitrogen and oxygen atoms in total. The van der Waals surface area contributed by atoms with Crippen LogP contribution in [0.1, 0.15) is 40.9 Å². The van der Waals surface area contributed by atoms with Crippen LogP contribution in [0.15, 0.2) is 170 Å². The lowest BCUT2D eigenvalue weighted by Gasteiger charge is -2.33. The van der Waals surface area contributed by atoms with E-state index in [1.807, 2.05) is 18.2 Å². The summed E-state index contributed by atoms with van der Waals surface area (Å²) in [5.41, 5.74) is 11.2. The van der Waals surface area contributed by atoms with Crippen LogP contribution in [0.4, 0.5) is 0 Å². The second kappa shape index (κ2) is 11.4. The summed E-state index contributed by atoms with van der Waals surface area (Å²) >= 11 is 0. The van der Waals surface area contributed by atoms with Gasteiger partial charge in [-0.1, -0.05) is 152 Å². The molecule has 0 spiro atoms. The fourth-order valence-corrected chi connectivity index (χ4v) is 8.21. The van der Waals surface area contributed by atoms with Crippen LogP contribution in [0.5, 0.6) is 0 Å². The third-order valence-corrected chi connectivity index (χ3v) is 10.4. The van der Waals surface area contributed by atoms with Gasteiger partial charge in [-0.2, -0.15) is 9.97 Å². The minimum Gasteiger partial charge on any atom is -0.278 e. The van der Waals surface area contributed by atoms with Gasteiger partial charge in [0.05, 0.1) is 16.4 Å². The van der Waals surface area contributed by atoms with Crippen LogP contribution in [0.2, 0.25) is 0 Å². The van der Waals surface area contributed by atoms with Crippen molar-refractivity contribution in [2.75, 3.05) is 0 Å². The average Bonchev–Trinajstić information content (AvgIpc) is 3.68. The van der Waals surface area contributed by atoms with Gasteiger partial charge in [-0.3, -0.25) is 4.57 Å². The molecule has 0 bridgehead atoms. The van der Waals surface area contributed by atoms with Crippen LogP contribution >= 0.6 is 0 Å². The third kappa shape index (κ3) is 4.21. The quantitative estimate of drug-likeness (QED) is 0.188. The molecule has 2 aliphatic carbocycles. The molecule has 4 heteroatoms. The van der Waals surface area contributed by atoms with E-state index in [-0.39, 0.29) is 0 Å². The lowest BCUT2D eigenvalue weighted by molar-refractivity contribution is 0.769. The topological polar surface area (TPSA) is 43.6 Å². The molecule has 236 valence electrons. The Morgan fingerprint density at radius 3 is 1.90 bits per heavy atom. The Morgan fingerprint density at radius 2 is 1.16 bits per heavy atom. The van der Waals surface area contributed by atoms with Crippen molar-refractivity contribution in [3.05, 3.63) is 198 Å². The molecule has 10 rings (SSSR count). The number of fused-ring (bicyclic) bond motifs is 6. The number of benzene rings is 6. The van der Waals surface area contributed by atoms with Gasteiger partial charge in [0.1, 0.15) is 0 Å². The molecule has 0 fully saturated rings. The van der Waals surface area contributed by atoms with Crippen molar-refractivity contribution in [3.8, 4) is 28.5 Å². The summed E-state index contributed by atoms with van der Waals surface area (Å²) in [7, 11) is 0. The Kier molecular flexibility index (Phi) is 6.50. The van der Waals surface area contributed by atoms with Crippen LogP contribution in [0.3, 0.4) is 0 Å². The number of hydrogen-bond acceptors (Lipinski definition) is 3. The van der Waals surface area contributed by atoms with Gasteiger partial charge in [0, 0.05) is 21.9 Å². The highest BCUT2D eigenvalue weighted by molar-refractivity contribution is 6.11. The van der Waals surface area contributed by atoms with Crippen LogP contribution < -0.4 is 0 Å². The predicted octanol–water partition coefficient (Wildman–Crippen LogP) is 10.7. The highest BCUT2D eigenvalue weighted by Crippen LogP contribution is 2.57. The van der Waals surface area contributed by atoms with Gasteiger partial charge in [-0.15, -0.1) is 0 Å². The van der Waals surface area contributed by atoms with E-state index in [0.29, 0.717) is 17.6 Å². The Balaban J connectivity index is 1.31. The molecule has 0 unspecified atom stereocenters. The number of allylic oxidation sites excluding steroid dienone is 4. The monoisotopic (exact) mass is 640 g/mol. The maximum Gasteiger partial charge on any atom is 0.238 e. The first kappa shape index (κ1) is 28.6. The molecule has 50 heavy (non-hydrogen) atoms. The van der Waals surface area contributed by atoms with Crippen molar-refractivity contribution in [1.82, 2.24) is 19.5 Å². The molecule has 0 atom stereocenters. The minimum atomic E-state index is -0.480. The second-order valence-electron chi connectivity index (χ2n) is 13.1. The molecule has 0 saturated carbocycles. The maximum atomic E-state index is 5.21. The van der Waals surface area contributed by atoms with Gasteiger partial charge in [0.25, 0.3) is 0 Å². The van der Waals surface area contributed by atoms with E-state index in [4.69, 9.17) is 15.0 Å². The Bertz CT molecular complexity index is 2590. The van der Waals surface area contributed by atoms with Crippen LogP contribution in [-0.2, 0) is 5.41 Å². The zero-order valence-corrected chi connectivity index (χ0v) is 27.4. The van der Waals surface area contributed by atoms with E-state index >= 15 is 0 Å². The Labute approximate surface area is 290 Å². The zero-order valence-electron chi connectivity index (χ0n) is 27.4. The van der Waals surface area contributed by atoms with E-state index in [0.717, 1.165) is 40.4 Å². The first-order valence-corrected chi connectivity index (χ1v) is 17.3. The Hall–Kier alpha value is -6.39. The summed E-state index contributed by atoms with van der Waals surface area (Å²) in [6.07, 6.45) is 8.57. The highest BCUT2D eigenvalue weighted by Gasteiger charge is 2.46. The van der Waals surface area contributed by atoms with Crippen molar-refractivity contribution in [3.63, 3.8) is 0 Å². The number of hydrogen-bond donors (Lipinski definition) is 0.